The highest BCUT2D eigenvalue weighted by molar-refractivity contribution is 6.93. The van der Waals surface area contributed by atoms with Crippen LogP contribution in [-0.4, -0.2) is 31.8 Å². The molecule has 1 aromatic carbocycles. The zero-order valence-corrected chi connectivity index (χ0v) is 14.7. The molecule has 0 saturated heterocycles. The van der Waals surface area contributed by atoms with Gasteiger partial charge in [-0.05, 0) is 26.3 Å². The number of nitrogens with two attached hydrogens (primary N) is 1. The minimum atomic E-state index is -0.428. The fourth-order valence-electron chi connectivity index (χ4n) is 1.17. The highest BCUT2D eigenvalue weighted by Crippen LogP contribution is 1.98. The summed E-state index contributed by atoms with van der Waals surface area (Å²) in [6, 6.07) is 10.4. The number of esters is 1. The van der Waals surface area contributed by atoms with Gasteiger partial charge in [-0.25, -0.2) is 4.79 Å². The summed E-state index contributed by atoms with van der Waals surface area (Å²) in [6.45, 7) is 5.65. The van der Waals surface area contributed by atoms with Gasteiger partial charge >= 0.3 is 25.2 Å². The third-order valence-corrected chi connectivity index (χ3v) is 3.59. The molecule has 0 aliphatic rings. The third kappa shape index (κ3) is 10.1. The molecule has 0 saturated carbocycles. The highest BCUT2D eigenvalue weighted by Gasteiger charge is 2.05. The van der Waals surface area contributed by atoms with Gasteiger partial charge in [-0.15, -0.1) is 0 Å². The van der Waals surface area contributed by atoms with E-state index < -0.39 is 5.97 Å². The van der Waals surface area contributed by atoms with Crippen molar-refractivity contribution < 1.29 is 9.53 Å². The van der Waals surface area contributed by atoms with Gasteiger partial charge in [-0.3, -0.25) is 0 Å². The lowest BCUT2D eigenvalue weighted by molar-refractivity contribution is -0.138. The van der Waals surface area contributed by atoms with Crippen LogP contribution in [0.3, 0.4) is 0 Å². The van der Waals surface area contributed by atoms with Crippen LogP contribution in [0.25, 0.3) is 0 Å². The normalized spacial score (nSPS) is 8.20. The van der Waals surface area contributed by atoms with E-state index in [2.05, 4.69) is 29.0 Å². The van der Waals surface area contributed by atoms with Crippen LogP contribution < -0.4 is 11.9 Å². The van der Waals surface area contributed by atoms with Gasteiger partial charge < -0.3 is 25.7 Å². The lowest BCUT2D eigenvalue weighted by Gasteiger charge is -2.01. The van der Waals surface area contributed by atoms with Gasteiger partial charge in [0.2, 0.25) is 0 Å². The summed E-state index contributed by atoms with van der Waals surface area (Å²) < 4.78 is 5.76. The summed E-state index contributed by atoms with van der Waals surface area (Å²) in [6.07, 6.45) is 0. The molecule has 0 fully saturated rings. The Hall–Kier alpha value is -0.754. The number of benzene rings is 1. The number of hydrogen-bond acceptors (Lipinski definition) is 4. The van der Waals surface area contributed by atoms with Crippen molar-refractivity contribution in [3.05, 3.63) is 47.2 Å². The molecule has 0 radical (unpaired) electrons. The van der Waals surface area contributed by atoms with Gasteiger partial charge in [0.1, 0.15) is 5.70 Å². The lowest BCUT2D eigenvalue weighted by Crippen LogP contribution is -2.15. The second-order valence-electron chi connectivity index (χ2n) is 4.06. The van der Waals surface area contributed by atoms with Crippen molar-refractivity contribution in [2.24, 2.45) is 5.73 Å². The first-order valence-electron chi connectivity index (χ1n) is 6.22. The van der Waals surface area contributed by atoms with Crippen LogP contribution in [-0.2, 0) is 14.1 Å². The number of carbonyl (C=O) groups excluding carboxylic acids is 1. The molecule has 0 spiro atoms. The van der Waals surface area contributed by atoms with Gasteiger partial charge in [-0.1, -0.05) is 40.4 Å². The van der Waals surface area contributed by atoms with Crippen molar-refractivity contribution in [2.45, 2.75) is 25.3 Å². The third-order valence-electron chi connectivity index (χ3n) is 2.26. The van der Waals surface area contributed by atoms with Crippen molar-refractivity contribution in [3.63, 3.8) is 0 Å². The first-order chi connectivity index (χ1) is 9.02. The molecule has 1 rings (SSSR count). The van der Waals surface area contributed by atoms with Crippen molar-refractivity contribution in [3.8, 4) is 0 Å². The van der Waals surface area contributed by atoms with Crippen LogP contribution in [0.4, 0.5) is 0 Å². The zero-order valence-electron chi connectivity index (χ0n) is 12.5. The minimum absolute atomic E-state index is 0. The van der Waals surface area contributed by atoms with Crippen LogP contribution in [0.5, 0.6) is 0 Å². The Morgan fingerprint density at radius 1 is 1.30 bits per heavy atom. The standard InChI is InChI=1S/C7H13NO2.C7H7.ClH.Mg.H3N/c1-4-10-7(9)6(8)5(2)3;1-7-5-3-2-4-6-7;;;/h4,8H2,1-3H3;2-6H,1H2;1H;;1H3/q;;;+1;/p-1. The summed E-state index contributed by atoms with van der Waals surface area (Å²) in [5.74, 6) is -0.428. The summed E-state index contributed by atoms with van der Waals surface area (Å²) in [7, 11) is 5.67. The first kappa shape index (κ1) is 21.5. The Kier molecular flexibility index (Phi) is 14.3. The van der Waals surface area contributed by atoms with Crippen molar-refractivity contribution in [2.75, 3.05) is 6.61 Å². The smallest absolute Gasteiger partial charge is 0.461 e. The van der Waals surface area contributed by atoms with Crippen LogP contribution in [0.1, 0.15) is 26.3 Å². The zero-order chi connectivity index (χ0) is 14.7. The number of halogens is 1. The molecule has 4 nitrogen and oxygen atoms in total. The Morgan fingerprint density at radius 3 is 2.25 bits per heavy atom. The van der Waals surface area contributed by atoms with Crippen LogP contribution in [0.2, 0.25) is 0 Å². The van der Waals surface area contributed by atoms with Gasteiger partial charge in [-0.2, -0.15) is 0 Å². The number of hydrogen-bond donors (Lipinski definition) is 2. The quantitative estimate of drug-likeness (QED) is 0.508. The van der Waals surface area contributed by atoms with E-state index in [4.69, 9.17) is 14.8 Å². The Morgan fingerprint density at radius 2 is 1.85 bits per heavy atom. The lowest BCUT2D eigenvalue weighted by atomic mass is 10.2. The molecule has 5 N–H and O–H groups in total. The van der Waals surface area contributed by atoms with E-state index in [-0.39, 0.29) is 31.1 Å². The maximum Gasteiger partial charge on any atom is 0.505 e. The van der Waals surface area contributed by atoms with Gasteiger partial charge in [0.05, 0.1) is 6.61 Å². The second kappa shape index (κ2) is 13.2. The van der Waals surface area contributed by atoms with Gasteiger partial charge in [0, 0.05) is 0 Å². The molecule has 6 heteroatoms. The van der Waals surface area contributed by atoms with E-state index in [1.54, 1.807) is 20.8 Å². The van der Waals surface area contributed by atoms with Crippen molar-refractivity contribution in [1.29, 1.82) is 0 Å². The molecule has 0 aliphatic heterocycles. The number of carbonyl (C=O) groups is 1. The maximum absolute atomic E-state index is 10.8. The molecule has 0 unspecified atom stereocenters. The molecule has 0 aliphatic carbocycles. The molecular formula is C14H23ClMgN2O2. The predicted octanol–water partition coefficient (Wildman–Crippen LogP) is 3.01. The molecule has 1 aromatic rings. The molecule has 0 bridgehead atoms. The Balaban J connectivity index is 0. The van der Waals surface area contributed by atoms with Gasteiger partial charge in [0.15, 0.2) is 0 Å². The fraction of sp³-hybridized carbons (Fsp3) is 0.357. The van der Waals surface area contributed by atoms with Crippen LogP contribution in [0, 0.1) is 0 Å². The Bertz CT molecular complexity index is 407. The summed E-state index contributed by atoms with van der Waals surface area (Å²) >= 11 is -0.312. The summed E-state index contributed by atoms with van der Waals surface area (Å²) in [5.41, 5.74) is 7.73. The van der Waals surface area contributed by atoms with E-state index in [1.807, 2.05) is 6.07 Å². The molecular weight excluding hydrogens is 288 g/mol. The largest absolute Gasteiger partial charge is 0.505 e. The summed E-state index contributed by atoms with van der Waals surface area (Å²) in [5, 5.41) is 0. The fourth-order valence-corrected chi connectivity index (χ4v) is 2.37. The molecule has 0 aromatic heterocycles. The highest BCUT2D eigenvalue weighted by atomic mass is 35.5. The van der Waals surface area contributed by atoms with Crippen molar-refractivity contribution >= 4 is 34.3 Å². The van der Waals surface area contributed by atoms with E-state index >= 15 is 0 Å². The second-order valence-corrected chi connectivity index (χ2v) is 6.07. The number of allylic oxidation sites excluding steroid dienone is 1. The SMILES string of the molecule is CCOC(=O)C(N)=C(C)C.N.[Cl][Mg][CH2]c1ccccc1. The summed E-state index contributed by atoms with van der Waals surface area (Å²) in [4.78, 5) is 10.8. The van der Waals surface area contributed by atoms with Crippen LogP contribution in [0.15, 0.2) is 41.6 Å². The topological polar surface area (TPSA) is 87.3 Å². The van der Waals surface area contributed by atoms with E-state index in [0.29, 0.717) is 6.61 Å². The van der Waals surface area contributed by atoms with Gasteiger partial charge in [0.25, 0.3) is 0 Å². The molecule has 110 valence electrons. The predicted molar refractivity (Wildman–Crippen MR) is 86.0 cm³/mol. The van der Waals surface area contributed by atoms with Crippen LogP contribution >= 0.6 is 9.07 Å². The number of ether oxygens (including phenoxy) is 1. The average Bonchev–Trinajstić information content (AvgIpc) is 2.40. The minimum Gasteiger partial charge on any atom is -0.461 e. The molecule has 0 heterocycles. The van der Waals surface area contributed by atoms with E-state index in [9.17, 15) is 4.79 Å². The molecule has 0 amide bonds. The van der Waals surface area contributed by atoms with E-state index in [0.717, 1.165) is 10.1 Å². The van der Waals surface area contributed by atoms with E-state index in [1.165, 1.54) is 5.56 Å². The van der Waals surface area contributed by atoms with Crippen molar-refractivity contribution in [1.82, 2.24) is 6.15 Å². The molecule has 0 atom stereocenters. The monoisotopic (exact) mass is 310 g/mol. The molecule has 20 heavy (non-hydrogen) atoms. The number of rotatable bonds is 4. The maximum atomic E-state index is 10.8. The average molecular weight is 311 g/mol. The Labute approximate surface area is 134 Å². The first-order valence-corrected chi connectivity index (χ1v) is 9.36.